The highest BCUT2D eigenvalue weighted by atomic mass is 16.5. The molecule has 0 spiro atoms. The molecule has 3 unspecified atom stereocenters. The molecule has 1 N–H and O–H groups in total. The van der Waals surface area contributed by atoms with Crippen LogP contribution >= 0.6 is 0 Å². The molecule has 1 aromatic carbocycles. The molecular weight excluding hydrogens is 198 g/mol. The first kappa shape index (κ1) is 10.3. The number of ether oxygens (including phenoxy) is 1. The monoisotopic (exact) mass is 217 g/mol. The summed E-state index contributed by atoms with van der Waals surface area (Å²) in [4.78, 5) is 0. The van der Waals surface area contributed by atoms with Crippen molar-refractivity contribution in [2.75, 3.05) is 6.61 Å². The highest BCUT2D eigenvalue weighted by molar-refractivity contribution is 5.32. The second-order valence-corrected chi connectivity index (χ2v) is 5.02. The molecule has 0 aromatic heterocycles. The fourth-order valence-electron chi connectivity index (χ4n) is 2.96. The summed E-state index contributed by atoms with van der Waals surface area (Å²) in [5.41, 5.74) is 2.88. The number of benzene rings is 1. The van der Waals surface area contributed by atoms with Gasteiger partial charge < -0.3 is 10.1 Å². The molecule has 3 atom stereocenters. The summed E-state index contributed by atoms with van der Waals surface area (Å²) in [7, 11) is 0. The molecule has 2 nitrogen and oxygen atoms in total. The standard InChI is InChI=1S/C14H19NO/c1-10-9-16-14-12-7-3-2-5-11(12)6-4-8-13(14)15-10/h2-3,5,7,10,13-15H,4,6,8-9H2,1H3. The minimum atomic E-state index is 0.273. The van der Waals surface area contributed by atoms with Crippen molar-refractivity contribution in [3.8, 4) is 0 Å². The Labute approximate surface area is 97.0 Å². The molecule has 1 aliphatic carbocycles. The lowest BCUT2D eigenvalue weighted by molar-refractivity contribution is -0.0267. The van der Waals surface area contributed by atoms with Gasteiger partial charge in [-0.2, -0.15) is 0 Å². The summed E-state index contributed by atoms with van der Waals surface area (Å²) in [5.74, 6) is 0. The highest BCUT2D eigenvalue weighted by Gasteiger charge is 2.32. The fourth-order valence-corrected chi connectivity index (χ4v) is 2.96. The third-order valence-electron chi connectivity index (χ3n) is 3.71. The Morgan fingerprint density at radius 2 is 2.19 bits per heavy atom. The van der Waals surface area contributed by atoms with Gasteiger partial charge in [-0.25, -0.2) is 0 Å². The van der Waals surface area contributed by atoms with Crippen LogP contribution in [0.4, 0.5) is 0 Å². The van der Waals surface area contributed by atoms with E-state index in [9.17, 15) is 0 Å². The van der Waals surface area contributed by atoms with Crippen LogP contribution in [0.25, 0.3) is 0 Å². The van der Waals surface area contributed by atoms with Gasteiger partial charge in [0.1, 0.15) is 0 Å². The Morgan fingerprint density at radius 3 is 3.12 bits per heavy atom. The zero-order chi connectivity index (χ0) is 11.0. The lowest BCUT2D eigenvalue weighted by Crippen LogP contribution is -2.48. The maximum Gasteiger partial charge on any atom is 0.0981 e. The average Bonchev–Trinajstić information content (AvgIpc) is 2.47. The number of hydrogen-bond donors (Lipinski definition) is 1. The Kier molecular flexibility index (Phi) is 2.70. The van der Waals surface area contributed by atoms with Crippen LogP contribution in [0.15, 0.2) is 24.3 Å². The topological polar surface area (TPSA) is 21.3 Å². The predicted molar refractivity (Wildman–Crippen MR) is 64.5 cm³/mol. The van der Waals surface area contributed by atoms with Crippen molar-refractivity contribution in [2.24, 2.45) is 0 Å². The van der Waals surface area contributed by atoms with Gasteiger partial charge in [-0.1, -0.05) is 24.3 Å². The number of morpholine rings is 1. The molecule has 1 fully saturated rings. The summed E-state index contributed by atoms with van der Waals surface area (Å²) in [6, 6.07) is 9.74. The fraction of sp³-hybridized carbons (Fsp3) is 0.571. The number of rotatable bonds is 0. The molecule has 3 rings (SSSR count). The smallest absolute Gasteiger partial charge is 0.0981 e. The van der Waals surface area contributed by atoms with Gasteiger partial charge >= 0.3 is 0 Å². The molecule has 1 aliphatic heterocycles. The first-order valence-electron chi connectivity index (χ1n) is 6.30. The van der Waals surface area contributed by atoms with Crippen LogP contribution in [0, 0.1) is 0 Å². The molecule has 86 valence electrons. The molecule has 1 aromatic rings. The SMILES string of the molecule is CC1COC2c3ccccc3CCCC2N1. The molecule has 0 saturated carbocycles. The van der Waals surface area contributed by atoms with E-state index in [4.69, 9.17) is 4.74 Å². The van der Waals surface area contributed by atoms with Crippen molar-refractivity contribution in [3.05, 3.63) is 35.4 Å². The van der Waals surface area contributed by atoms with E-state index in [-0.39, 0.29) is 6.10 Å². The minimum absolute atomic E-state index is 0.273. The molecule has 0 amide bonds. The summed E-state index contributed by atoms with van der Waals surface area (Å²) in [6.07, 6.45) is 3.96. The van der Waals surface area contributed by atoms with Crippen molar-refractivity contribution in [2.45, 2.75) is 44.4 Å². The van der Waals surface area contributed by atoms with E-state index in [1.165, 1.54) is 30.4 Å². The minimum Gasteiger partial charge on any atom is -0.370 e. The molecule has 1 heterocycles. The Hall–Kier alpha value is -0.860. The second-order valence-electron chi connectivity index (χ2n) is 5.02. The summed E-state index contributed by atoms with van der Waals surface area (Å²) >= 11 is 0. The number of fused-ring (bicyclic) bond motifs is 3. The Balaban J connectivity index is 1.95. The van der Waals surface area contributed by atoms with E-state index < -0.39 is 0 Å². The molecule has 0 radical (unpaired) electrons. The molecule has 2 aliphatic rings. The van der Waals surface area contributed by atoms with Crippen molar-refractivity contribution >= 4 is 0 Å². The van der Waals surface area contributed by atoms with E-state index in [0.717, 1.165) is 6.61 Å². The first-order valence-corrected chi connectivity index (χ1v) is 6.30. The van der Waals surface area contributed by atoms with Crippen LogP contribution in [0.5, 0.6) is 0 Å². The van der Waals surface area contributed by atoms with Crippen LogP contribution < -0.4 is 5.32 Å². The maximum atomic E-state index is 6.04. The molecular formula is C14H19NO. The molecule has 0 bridgehead atoms. The maximum absolute atomic E-state index is 6.04. The number of hydrogen-bond acceptors (Lipinski definition) is 2. The van der Waals surface area contributed by atoms with Crippen LogP contribution in [0.3, 0.4) is 0 Å². The highest BCUT2D eigenvalue weighted by Crippen LogP contribution is 2.33. The Morgan fingerprint density at radius 1 is 1.31 bits per heavy atom. The summed E-state index contributed by atoms with van der Waals surface area (Å²) < 4.78 is 6.04. The quantitative estimate of drug-likeness (QED) is 0.720. The van der Waals surface area contributed by atoms with Crippen molar-refractivity contribution in [1.82, 2.24) is 5.32 Å². The third kappa shape index (κ3) is 1.76. The van der Waals surface area contributed by atoms with Gasteiger partial charge in [0, 0.05) is 12.1 Å². The van der Waals surface area contributed by atoms with Crippen molar-refractivity contribution in [3.63, 3.8) is 0 Å². The van der Waals surface area contributed by atoms with Gasteiger partial charge in [0.2, 0.25) is 0 Å². The van der Waals surface area contributed by atoms with Gasteiger partial charge in [-0.3, -0.25) is 0 Å². The Bertz CT molecular complexity index is 377. The predicted octanol–water partition coefficient (Wildman–Crippen LogP) is 2.44. The lowest BCUT2D eigenvalue weighted by Gasteiger charge is -2.36. The first-order chi connectivity index (χ1) is 7.84. The zero-order valence-electron chi connectivity index (χ0n) is 9.78. The summed E-state index contributed by atoms with van der Waals surface area (Å²) in [6.45, 7) is 3.03. The van der Waals surface area contributed by atoms with Crippen molar-refractivity contribution in [1.29, 1.82) is 0 Å². The summed E-state index contributed by atoms with van der Waals surface area (Å²) in [5, 5.41) is 3.67. The van der Waals surface area contributed by atoms with E-state index >= 15 is 0 Å². The molecule has 1 saturated heterocycles. The van der Waals surface area contributed by atoms with Gasteiger partial charge in [0.05, 0.1) is 12.7 Å². The number of nitrogens with one attached hydrogen (secondary N) is 1. The van der Waals surface area contributed by atoms with E-state index in [2.05, 4.69) is 36.5 Å². The van der Waals surface area contributed by atoms with Gasteiger partial charge in [-0.05, 0) is 37.3 Å². The van der Waals surface area contributed by atoms with Crippen molar-refractivity contribution < 1.29 is 4.74 Å². The van der Waals surface area contributed by atoms with Crippen LogP contribution in [0.2, 0.25) is 0 Å². The third-order valence-corrected chi connectivity index (χ3v) is 3.71. The normalized spacial score (nSPS) is 33.7. The number of aryl methyl sites for hydroxylation is 1. The van der Waals surface area contributed by atoms with Crippen LogP contribution in [0.1, 0.15) is 37.0 Å². The average molecular weight is 217 g/mol. The van der Waals surface area contributed by atoms with E-state index in [1.54, 1.807) is 0 Å². The molecule has 16 heavy (non-hydrogen) atoms. The van der Waals surface area contributed by atoms with Crippen LogP contribution in [-0.4, -0.2) is 18.7 Å². The van der Waals surface area contributed by atoms with Gasteiger partial charge in [-0.15, -0.1) is 0 Å². The second kappa shape index (κ2) is 4.19. The van der Waals surface area contributed by atoms with E-state index in [0.29, 0.717) is 12.1 Å². The lowest BCUT2D eigenvalue weighted by atomic mass is 9.97. The largest absolute Gasteiger partial charge is 0.370 e. The van der Waals surface area contributed by atoms with Crippen LogP contribution in [-0.2, 0) is 11.2 Å². The van der Waals surface area contributed by atoms with Gasteiger partial charge in [0.25, 0.3) is 0 Å². The molecule has 2 heteroatoms. The van der Waals surface area contributed by atoms with E-state index in [1.807, 2.05) is 0 Å². The van der Waals surface area contributed by atoms with Gasteiger partial charge in [0.15, 0.2) is 0 Å². The zero-order valence-corrected chi connectivity index (χ0v) is 9.78.